The minimum Gasteiger partial charge on any atom is -0.497 e. The molecule has 0 aliphatic carbocycles. The molecule has 0 saturated heterocycles. The lowest BCUT2D eigenvalue weighted by Crippen LogP contribution is -2.39. The first-order chi connectivity index (χ1) is 13.6. The van der Waals surface area contributed by atoms with Crippen molar-refractivity contribution in [3.05, 3.63) is 65.9 Å². The van der Waals surface area contributed by atoms with E-state index in [1.807, 2.05) is 48.7 Å². The molecule has 0 atom stereocenters. The van der Waals surface area contributed by atoms with Crippen LogP contribution in [0.2, 0.25) is 0 Å². The summed E-state index contributed by atoms with van der Waals surface area (Å²) in [6, 6.07) is 15.6. The summed E-state index contributed by atoms with van der Waals surface area (Å²) in [6.45, 7) is 2.42. The molecule has 0 spiro atoms. The van der Waals surface area contributed by atoms with Crippen molar-refractivity contribution in [2.45, 2.75) is 19.9 Å². The molecule has 2 amide bonds. The van der Waals surface area contributed by atoms with Gasteiger partial charge in [-0.25, -0.2) is 0 Å². The maximum Gasteiger partial charge on any atom is 0.239 e. The number of ether oxygens (including phenoxy) is 1. The van der Waals surface area contributed by atoms with E-state index in [0.717, 1.165) is 28.8 Å². The number of benzene rings is 2. The van der Waals surface area contributed by atoms with E-state index in [2.05, 4.69) is 16.4 Å². The second kappa shape index (κ2) is 9.08. The van der Waals surface area contributed by atoms with Crippen molar-refractivity contribution in [3.63, 3.8) is 0 Å². The Hall–Kier alpha value is -3.28. The van der Waals surface area contributed by atoms with Crippen LogP contribution < -0.4 is 10.1 Å². The molecule has 1 heterocycles. The number of carbonyl (C=O) groups is 2. The van der Waals surface area contributed by atoms with E-state index in [0.29, 0.717) is 13.1 Å². The fraction of sp³-hybridized carbons (Fsp3) is 0.273. The number of aromatic amines is 1. The van der Waals surface area contributed by atoms with Gasteiger partial charge < -0.3 is 19.9 Å². The topological polar surface area (TPSA) is 74.4 Å². The van der Waals surface area contributed by atoms with Crippen LogP contribution in [-0.2, 0) is 22.6 Å². The molecule has 3 aromatic rings. The maximum atomic E-state index is 12.3. The highest BCUT2D eigenvalue weighted by atomic mass is 16.5. The Morgan fingerprint density at radius 3 is 2.57 bits per heavy atom. The van der Waals surface area contributed by atoms with Gasteiger partial charge in [0.15, 0.2) is 0 Å². The Morgan fingerprint density at radius 2 is 1.86 bits per heavy atom. The smallest absolute Gasteiger partial charge is 0.239 e. The summed E-state index contributed by atoms with van der Waals surface area (Å²) in [5.41, 5.74) is 3.20. The van der Waals surface area contributed by atoms with Gasteiger partial charge in [0.25, 0.3) is 0 Å². The Morgan fingerprint density at radius 1 is 1.11 bits per heavy atom. The van der Waals surface area contributed by atoms with E-state index in [4.69, 9.17) is 4.74 Å². The first-order valence-corrected chi connectivity index (χ1v) is 9.27. The van der Waals surface area contributed by atoms with Crippen LogP contribution in [0.4, 0.5) is 0 Å². The lowest BCUT2D eigenvalue weighted by Gasteiger charge is -2.20. The zero-order chi connectivity index (χ0) is 19.9. The lowest BCUT2D eigenvalue weighted by molar-refractivity contribution is -0.134. The molecule has 6 heteroatoms. The van der Waals surface area contributed by atoms with E-state index in [-0.39, 0.29) is 18.4 Å². The van der Waals surface area contributed by atoms with E-state index >= 15 is 0 Å². The van der Waals surface area contributed by atoms with Gasteiger partial charge in [0.05, 0.1) is 13.7 Å². The number of hydrogen-bond acceptors (Lipinski definition) is 3. The van der Waals surface area contributed by atoms with Crippen LogP contribution in [0.3, 0.4) is 0 Å². The number of fused-ring (bicyclic) bond motifs is 1. The normalized spacial score (nSPS) is 10.6. The largest absolute Gasteiger partial charge is 0.497 e. The van der Waals surface area contributed by atoms with Crippen LogP contribution in [0.25, 0.3) is 10.9 Å². The van der Waals surface area contributed by atoms with Crippen LogP contribution in [0.1, 0.15) is 18.1 Å². The third-order valence-corrected chi connectivity index (χ3v) is 4.70. The number of rotatable bonds is 8. The molecule has 0 bridgehead atoms. The molecule has 0 unspecified atom stereocenters. The fourth-order valence-electron chi connectivity index (χ4n) is 3.13. The molecule has 0 fully saturated rings. The van der Waals surface area contributed by atoms with Crippen molar-refractivity contribution >= 4 is 22.7 Å². The van der Waals surface area contributed by atoms with E-state index in [1.165, 1.54) is 17.2 Å². The first kappa shape index (κ1) is 19.5. The first-order valence-electron chi connectivity index (χ1n) is 9.27. The molecule has 28 heavy (non-hydrogen) atoms. The van der Waals surface area contributed by atoms with Crippen molar-refractivity contribution in [3.8, 4) is 5.75 Å². The maximum absolute atomic E-state index is 12.3. The van der Waals surface area contributed by atoms with Gasteiger partial charge in [0.2, 0.25) is 11.8 Å². The minimum absolute atomic E-state index is 0.0370. The Bertz CT molecular complexity index is 947. The van der Waals surface area contributed by atoms with Gasteiger partial charge in [0.1, 0.15) is 5.75 Å². The average molecular weight is 379 g/mol. The van der Waals surface area contributed by atoms with Crippen molar-refractivity contribution in [2.75, 3.05) is 20.2 Å². The number of H-pyrrole nitrogens is 1. The minimum atomic E-state index is -0.163. The molecular weight excluding hydrogens is 354 g/mol. The molecule has 6 nitrogen and oxygen atoms in total. The third kappa shape index (κ3) is 4.91. The number of carbonyl (C=O) groups excluding carboxylic acids is 2. The Kier molecular flexibility index (Phi) is 6.32. The predicted octanol–water partition coefficient (Wildman–Crippen LogP) is 2.88. The molecule has 2 N–H and O–H groups in total. The number of methoxy groups -OCH3 is 1. The Labute approximate surface area is 164 Å². The van der Waals surface area contributed by atoms with Gasteiger partial charge in [0, 0.05) is 37.1 Å². The van der Waals surface area contributed by atoms with Gasteiger partial charge in [-0.1, -0.05) is 30.3 Å². The van der Waals surface area contributed by atoms with E-state index in [1.54, 1.807) is 7.11 Å². The second-order valence-corrected chi connectivity index (χ2v) is 6.68. The molecule has 0 radical (unpaired) electrons. The van der Waals surface area contributed by atoms with Crippen molar-refractivity contribution < 1.29 is 14.3 Å². The summed E-state index contributed by atoms with van der Waals surface area (Å²) < 4.78 is 5.14. The number of hydrogen-bond donors (Lipinski definition) is 2. The summed E-state index contributed by atoms with van der Waals surface area (Å²) in [7, 11) is 1.61. The third-order valence-electron chi connectivity index (χ3n) is 4.70. The van der Waals surface area contributed by atoms with Gasteiger partial charge in [-0.2, -0.15) is 0 Å². The van der Waals surface area contributed by atoms with E-state index < -0.39 is 0 Å². The summed E-state index contributed by atoms with van der Waals surface area (Å²) in [5, 5.41) is 4.08. The highest BCUT2D eigenvalue weighted by molar-refractivity contribution is 5.84. The molecule has 1 aromatic heterocycles. The van der Waals surface area contributed by atoms with Crippen LogP contribution in [0.15, 0.2) is 54.7 Å². The van der Waals surface area contributed by atoms with Crippen molar-refractivity contribution in [1.29, 1.82) is 0 Å². The fourth-order valence-corrected chi connectivity index (χ4v) is 3.13. The standard InChI is InChI=1S/C22H25N3O3/c1-16(26)25(14-17-7-9-19(28-2)10-8-17)15-22(27)23-12-11-18-13-24-21-6-4-3-5-20(18)21/h3-10,13,24H,11-12,14-15H2,1-2H3,(H,23,27). The summed E-state index contributed by atoms with van der Waals surface area (Å²) in [6.07, 6.45) is 2.71. The van der Waals surface area contributed by atoms with E-state index in [9.17, 15) is 9.59 Å². The number of amides is 2. The zero-order valence-electron chi connectivity index (χ0n) is 16.2. The van der Waals surface area contributed by atoms with Crippen molar-refractivity contribution in [2.24, 2.45) is 0 Å². The van der Waals surface area contributed by atoms with Gasteiger partial charge in [-0.05, 0) is 35.7 Å². The highest BCUT2D eigenvalue weighted by Crippen LogP contribution is 2.17. The molecule has 3 rings (SSSR count). The molecule has 2 aromatic carbocycles. The quantitative estimate of drug-likeness (QED) is 0.632. The lowest BCUT2D eigenvalue weighted by atomic mass is 10.1. The molecular formula is C22H25N3O3. The number of aromatic nitrogens is 1. The van der Waals surface area contributed by atoms with Gasteiger partial charge in [-0.15, -0.1) is 0 Å². The summed E-state index contributed by atoms with van der Waals surface area (Å²) in [4.78, 5) is 29.0. The number of nitrogens with one attached hydrogen (secondary N) is 2. The van der Waals surface area contributed by atoms with Crippen LogP contribution in [-0.4, -0.2) is 41.9 Å². The summed E-state index contributed by atoms with van der Waals surface area (Å²) in [5.74, 6) is 0.458. The molecule has 0 aliphatic heterocycles. The number of para-hydroxylation sites is 1. The molecule has 146 valence electrons. The highest BCUT2D eigenvalue weighted by Gasteiger charge is 2.14. The van der Waals surface area contributed by atoms with Gasteiger partial charge in [-0.3, -0.25) is 9.59 Å². The molecule has 0 saturated carbocycles. The average Bonchev–Trinajstić information content (AvgIpc) is 3.11. The Balaban J connectivity index is 1.51. The van der Waals surface area contributed by atoms with Crippen molar-refractivity contribution in [1.82, 2.24) is 15.2 Å². The van der Waals surface area contributed by atoms with Gasteiger partial charge >= 0.3 is 0 Å². The molecule has 0 aliphatic rings. The SMILES string of the molecule is COc1ccc(CN(CC(=O)NCCc2c[nH]c3ccccc23)C(C)=O)cc1. The second-order valence-electron chi connectivity index (χ2n) is 6.68. The number of nitrogens with zero attached hydrogens (tertiary/aromatic N) is 1. The monoisotopic (exact) mass is 379 g/mol. The van der Waals surface area contributed by atoms with Crippen LogP contribution in [0.5, 0.6) is 5.75 Å². The van der Waals surface area contributed by atoms with Crippen LogP contribution >= 0.6 is 0 Å². The summed E-state index contributed by atoms with van der Waals surface area (Å²) >= 11 is 0. The zero-order valence-corrected chi connectivity index (χ0v) is 16.2. The predicted molar refractivity (Wildman–Crippen MR) is 109 cm³/mol. The van der Waals surface area contributed by atoms with Crippen LogP contribution in [0, 0.1) is 0 Å².